The van der Waals surface area contributed by atoms with Crippen LogP contribution >= 0.6 is 0 Å². The van der Waals surface area contributed by atoms with Crippen molar-refractivity contribution < 1.29 is 4.79 Å². The van der Waals surface area contributed by atoms with Gasteiger partial charge in [-0.15, -0.1) is 0 Å². The Balaban J connectivity index is 2.41. The first kappa shape index (κ1) is 12.0. The zero-order valence-corrected chi connectivity index (χ0v) is 10.2. The average molecular weight is 246 g/mol. The molecular formula is C11H14N6O. The molecule has 18 heavy (non-hydrogen) atoms. The monoisotopic (exact) mass is 246 g/mol. The summed E-state index contributed by atoms with van der Waals surface area (Å²) in [5, 5.41) is 7.09. The molecule has 0 saturated carbocycles. The van der Waals surface area contributed by atoms with Gasteiger partial charge in [-0.1, -0.05) is 0 Å². The van der Waals surface area contributed by atoms with Gasteiger partial charge < -0.3 is 11.1 Å². The van der Waals surface area contributed by atoms with Crippen molar-refractivity contribution in [1.29, 1.82) is 0 Å². The molecular weight excluding hydrogens is 232 g/mol. The van der Waals surface area contributed by atoms with E-state index in [1.54, 1.807) is 12.4 Å². The molecule has 0 aliphatic heterocycles. The molecule has 3 N–H and O–H groups in total. The predicted molar refractivity (Wildman–Crippen MR) is 66.6 cm³/mol. The number of carbonyl (C=O) groups is 1. The molecule has 0 fully saturated rings. The third kappa shape index (κ3) is 2.29. The number of primary amides is 1. The lowest BCUT2D eigenvalue weighted by atomic mass is 10.3. The minimum absolute atomic E-state index is 0.345. The first-order chi connectivity index (χ1) is 8.61. The highest BCUT2D eigenvalue weighted by molar-refractivity contribution is 5.92. The first-order valence-electron chi connectivity index (χ1n) is 5.54. The number of aryl methyl sites for hydroxylation is 1. The van der Waals surface area contributed by atoms with Gasteiger partial charge in [0.15, 0.2) is 5.82 Å². The van der Waals surface area contributed by atoms with Gasteiger partial charge in [-0.2, -0.15) is 10.1 Å². The minimum atomic E-state index is -0.514. The molecule has 7 heteroatoms. The van der Waals surface area contributed by atoms with E-state index in [4.69, 9.17) is 5.73 Å². The maximum atomic E-state index is 11.0. The third-order valence-corrected chi connectivity index (χ3v) is 2.36. The molecule has 0 unspecified atom stereocenters. The summed E-state index contributed by atoms with van der Waals surface area (Å²) in [4.78, 5) is 19.5. The smallest absolute Gasteiger partial charge is 0.251 e. The van der Waals surface area contributed by atoms with Crippen LogP contribution in [0.2, 0.25) is 0 Å². The standard InChI is InChI=1S/C11H14N6O/c1-3-13-11-14-4-7(2)10(16-11)17-6-8(5-15-17)9(12)18/h4-6H,3H2,1-2H3,(H2,12,18)(H,13,14,16). The number of amides is 1. The molecule has 2 aromatic rings. The van der Waals surface area contributed by atoms with Crippen LogP contribution in [0.5, 0.6) is 0 Å². The fraction of sp³-hybridized carbons (Fsp3) is 0.273. The second-order valence-electron chi connectivity index (χ2n) is 3.77. The van der Waals surface area contributed by atoms with E-state index in [1.165, 1.54) is 10.9 Å². The number of nitrogens with zero attached hydrogens (tertiary/aromatic N) is 4. The second-order valence-corrected chi connectivity index (χ2v) is 3.77. The van der Waals surface area contributed by atoms with Gasteiger partial charge in [-0.05, 0) is 13.8 Å². The lowest BCUT2D eigenvalue weighted by Crippen LogP contribution is -2.10. The molecule has 0 radical (unpaired) electrons. The van der Waals surface area contributed by atoms with E-state index in [9.17, 15) is 4.79 Å². The van der Waals surface area contributed by atoms with Crippen molar-refractivity contribution in [3.8, 4) is 5.82 Å². The van der Waals surface area contributed by atoms with Crippen molar-refractivity contribution in [1.82, 2.24) is 19.7 Å². The molecule has 7 nitrogen and oxygen atoms in total. The van der Waals surface area contributed by atoms with Crippen molar-refractivity contribution in [2.24, 2.45) is 5.73 Å². The van der Waals surface area contributed by atoms with Crippen molar-refractivity contribution in [3.63, 3.8) is 0 Å². The summed E-state index contributed by atoms with van der Waals surface area (Å²) in [7, 11) is 0. The van der Waals surface area contributed by atoms with Crippen LogP contribution < -0.4 is 11.1 Å². The highest BCUT2D eigenvalue weighted by Crippen LogP contribution is 2.12. The normalized spacial score (nSPS) is 10.3. The number of nitrogens with one attached hydrogen (secondary N) is 1. The van der Waals surface area contributed by atoms with Crippen LogP contribution in [0.15, 0.2) is 18.6 Å². The Morgan fingerprint density at radius 3 is 2.89 bits per heavy atom. The molecule has 1 amide bonds. The average Bonchev–Trinajstić information content (AvgIpc) is 2.81. The molecule has 2 rings (SSSR count). The fourth-order valence-corrected chi connectivity index (χ4v) is 1.47. The van der Waals surface area contributed by atoms with Crippen molar-refractivity contribution >= 4 is 11.9 Å². The maximum absolute atomic E-state index is 11.0. The highest BCUT2D eigenvalue weighted by atomic mass is 16.1. The van der Waals surface area contributed by atoms with E-state index in [0.717, 1.165) is 12.1 Å². The van der Waals surface area contributed by atoms with Gasteiger partial charge in [0.2, 0.25) is 5.95 Å². The van der Waals surface area contributed by atoms with E-state index in [0.29, 0.717) is 17.3 Å². The zero-order valence-electron chi connectivity index (χ0n) is 10.2. The van der Waals surface area contributed by atoms with Gasteiger partial charge in [0.1, 0.15) is 0 Å². The number of hydrogen-bond donors (Lipinski definition) is 2. The molecule has 94 valence electrons. The minimum Gasteiger partial charge on any atom is -0.366 e. The quantitative estimate of drug-likeness (QED) is 0.818. The van der Waals surface area contributed by atoms with Gasteiger partial charge in [-0.3, -0.25) is 4.79 Å². The predicted octanol–water partition coefficient (Wildman–Crippen LogP) is 0.501. The summed E-state index contributed by atoms with van der Waals surface area (Å²) in [6.07, 6.45) is 4.66. The first-order valence-corrected chi connectivity index (χ1v) is 5.54. The highest BCUT2D eigenvalue weighted by Gasteiger charge is 2.09. The number of aromatic nitrogens is 4. The van der Waals surface area contributed by atoms with Crippen LogP contribution in [0.4, 0.5) is 5.95 Å². The number of hydrogen-bond acceptors (Lipinski definition) is 5. The Kier molecular flexibility index (Phi) is 3.22. The van der Waals surface area contributed by atoms with Crippen molar-refractivity contribution in [3.05, 3.63) is 29.7 Å². The van der Waals surface area contributed by atoms with Crippen LogP contribution in [-0.4, -0.2) is 32.2 Å². The summed E-state index contributed by atoms with van der Waals surface area (Å²) in [6.45, 7) is 4.56. The van der Waals surface area contributed by atoms with E-state index in [2.05, 4.69) is 20.4 Å². The summed E-state index contributed by atoms with van der Waals surface area (Å²) in [5.74, 6) is 0.627. The molecule has 0 aliphatic carbocycles. The van der Waals surface area contributed by atoms with Gasteiger partial charge in [0.05, 0.1) is 11.8 Å². The van der Waals surface area contributed by atoms with Crippen molar-refractivity contribution in [2.75, 3.05) is 11.9 Å². The largest absolute Gasteiger partial charge is 0.366 e. The molecule has 0 atom stereocenters. The number of carbonyl (C=O) groups excluding carboxylic acids is 1. The maximum Gasteiger partial charge on any atom is 0.251 e. The van der Waals surface area contributed by atoms with E-state index in [-0.39, 0.29) is 0 Å². The van der Waals surface area contributed by atoms with Gasteiger partial charge in [0, 0.05) is 24.5 Å². The summed E-state index contributed by atoms with van der Waals surface area (Å²) >= 11 is 0. The van der Waals surface area contributed by atoms with Gasteiger partial charge >= 0.3 is 0 Å². The Morgan fingerprint density at radius 2 is 2.28 bits per heavy atom. The molecule has 0 bridgehead atoms. The van der Waals surface area contributed by atoms with Gasteiger partial charge in [-0.25, -0.2) is 9.67 Å². The molecule has 2 heterocycles. The Hall–Kier alpha value is -2.44. The molecule has 0 saturated heterocycles. The SMILES string of the molecule is CCNc1ncc(C)c(-n2cc(C(N)=O)cn2)n1. The third-order valence-electron chi connectivity index (χ3n) is 2.36. The Morgan fingerprint density at radius 1 is 1.50 bits per heavy atom. The summed E-state index contributed by atoms with van der Waals surface area (Å²) in [6, 6.07) is 0. The Labute approximate surface area is 104 Å². The second kappa shape index (κ2) is 4.82. The van der Waals surface area contributed by atoms with E-state index in [1.807, 2.05) is 13.8 Å². The van der Waals surface area contributed by atoms with E-state index >= 15 is 0 Å². The topological polar surface area (TPSA) is 98.7 Å². The van der Waals surface area contributed by atoms with Crippen LogP contribution in [0.25, 0.3) is 5.82 Å². The molecule has 2 aromatic heterocycles. The molecule has 0 aliphatic rings. The van der Waals surface area contributed by atoms with E-state index < -0.39 is 5.91 Å². The van der Waals surface area contributed by atoms with Crippen LogP contribution in [0, 0.1) is 6.92 Å². The fourth-order valence-electron chi connectivity index (χ4n) is 1.47. The number of anilines is 1. The lowest BCUT2D eigenvalue weighted by Gasteiger charge is -2.07. The lowest BCUT2D eigenvalue weighted by molar-refractivity contribution is 0.100. The molecule has 0 spiro atoms. The zero-order chi connectivity index (χ0) is 13.1. The van der Waals surface area contributed by atoms with Crippen LogP contribution in [-0.2, 0) is 0 Å². The summed E-state index contributed by atoms with van der Waals surface area (Å²) in [5.41, 5.74) is 6.39. The van der Waals surface area contributed by atoms with Gasteiger partial charge in [0.25, 0.3) is 5.91 Å². The molecule has 0 aromatic carbocycles. The van der Waals surface area contributed by atoms with Crippen LogP contribution in [0.3, 0.4) is 0 Å². The summed E-state index contributed by atoms with van der Waals surface area (Å²) < 4.78 is 1.51. The number of nitrogens with two attached hydrogens (primary N) is 1. The number of rotatable bonds is 4. The van der Waals surface area contributed by atoms with Crippen molar-refractivity contribution in [2.45, 2.75) is 13.8 Å². The van der Waals surface area contributed by atoms with Crippen LogP contribution in [0.1, 0.15) is 22.8 Å². The Bertz CT molecular complexity index is 577.